The number of aromatic amines is 1. The van der Waals surface area contributed by atoms with Crippen molar-refractivity contribution in [2.75, 3.05) is 0 Å². The van der Waals surface area contributed by atoms with Crippen LogP contribution in [0, 0.1) is 4.77 Å². The van der Waals surface area contributed by atoms with Gasteiger partial charge in [0.1, 0.15) is 0 Å². The summed E-state index contributed by atoms with van der Waals surface area (Å²) in [6, 6.07) is 2.47. The number of aromatic nitrogens is 2. The molecule has 0 aliphatic carbocycles. The van der Waals surface area contributed by atoms with Crippen LogP contribution in [0.15, 0.2) is 23.0 Å². The first-order valence-electron chi connectivity index (χ1n) is 5.43. The van der Waals surface area contributed by atoms with Gasteiger partial charge in [-0.2, -0.15) is 11.3 Å². The Morgan fingerprint density at radius 1 is 1.38 bits per heavy atom. The molecule has 0 bridgehead atoms. The molecule has 0 spiro atoms. The number of hydrogen-bond acceptors (Lipinski definition) is 2. The number of imidazole rings is 1. The van der Waals surface area contributed by atoms with Gasteiger partial charge < -0.3 is 9.55 Å². The number of thiophene rings is 1. The Hall–Kier alpha value is -0.870. The van der Waals surface area contributed by atoms with Gasteiger partial charge in [0.15, 0.2) is 4.77 Å². The molecule has 0 amide bonds. The predicted molar refractivity (Wildman–Crippen MR) is 71.8 cm³/mol. The first-order chi connectivity index (χ1) is 7.61. The van der Waals surface area contributed by atoms with Crippen LogP contribution in [0.3, 0.4) is 0 Å². The Bertz CT molecular complexity index is 505. The molecule has 0 aliphatic rings. The Morgan fingerprint density at radius 2 is 2.12 bits per heavy atom. The summed E-state index contributed by atoms with van der Waals surface area (Å²) in [4.78, 5) is 3.14. The highest BCUT2D eigenvalue weighted by atomic mass is 32.1. The number of hydrogen-bond donors (Lipinski definition) is 1. The molecule has 0 aliphatic heterocycles. The molecule has 0 fully saturated rings. The monoisotopic (exact) mass is 252 g/mol. The fourth-order valence-corrected chi connectivity index (χ4v) is 2.97. The molecule has 1 N–H and O–H groups in total. The zero-order valence-electron chi connectivity index (χ0n) is 9.73. The van der Waals surface area contributed by atoms with Gasteiger partial charge in [-0.05, 0) is 47.4 Å². The van der Waals surface area contributed by atoms with E-state index in [1.807, 2.05) is 6.20 Å². The van der Waals surface area contributed by atoms with Crippen molar-refractivity contribution < 1.29 is 0 Å². The molecule has 86 valence electrons. The van der Waals surface area contributed by atoms with E-state index in [0.29, 0.717) is 12.0 Å². The second kappa shape index (κ2) is 4.55. The minimum absolute atomic E-state index is 0.308. The maximum Gasteiger partial charge on any atom is 0.177 e. The smallest absolute Gasteiger partial charge is 0.177 e. The number of H-pyrrole nitrogens is 1. The third-order valence-corrected chi connectivity index (χ3v) is 3.86. The number of nitrogens with zero attached hydrogens (tertiary/aromatic N) is 1. The van der Waals surface area contributed by atoms with Crippen LogP contribution in [0.4, 0.5) is 0 Å². The summed E-state index contributed by atoms with van der Waals surface area (Å²) in [6.07, 6.45) is 2.02. The fraction of sp³-hybridized carbons (Fsp3) is 0.417. The average molecular weight is 252 g/mol. The summed E-state index contributed by atoms with van der Waals surface area (Å²) >= 11 is 7.08. The largest absolute Gasteiger partial charge is 0.337 e. The molecule has 0 saturated heterocycles. The summed E-state index contributed by atoms with van der Waals surface area (Å²) in [5.74, 6) is 0.481. The summed E-state index contributed by atoms with van der Waals surface area (Å²) in [6.45, 7) is 6.57. The van der Waals surface area contributed by atoms with Crippen LogP contribution in [0.2, 0.25) is 0 Å². The van der Waals surface area contributed by atoms with Crippen molar-refractivity contribution in [1.29, 1.82) is 0 Å². The van der Waals surface area contributed by atoms with Crippen LogP contribution in [0.1, 0.15) is 44.0 Å². The summed E-state index contributed by atoms with van der Waals surface area (Å²) in [5.41, 5.74) is 2.59. The van der Waals surface area contributed by atoms with Gasteiger partial charge in [0, 0.05) is 11.9 Å². The van der Waals surface area contributed by atoms with Crippen molar-refractivity contribution in [3.8, 4) is 0 Å². The molecule has 0 aromatic carbocycles. The third kappa shape index (κ3) is 1.99. The van der Waals surface area contributed by atoms with Crippen LogP contribution in [0.25, 0.3) is 0 Å². The van der Waals surface area contributed by atoms with Crippen LogP contribution in [-0.2, 0) is 0 Å². The van der Waals surface area contributed by atoms with Crippen molar-refractivity contribution in [2.24, 2.45) is 0 Å². The molecular weight excluding hydrogens is 236 g/mol. The summed E-state index contributed by atoms with van der Waals surface area (Å²) in [7, 11) is 0. The van der Waals surface area contributed by atoms with Crippen molar-refractivity contribution >= 4 is 23.6 Å². The first kappa shape index (κ1) is 11.6. The maximum absolute atomic E-state index is 5.35. The van der Waals surface area contributed by atoms with Gasteiger partial charge in [-0.3, -0.25) is 0 Å². The normalized spacial score (nSPS) is 13.2. The Labute approximate surface area is 105 Å². The van der Waals surface area contributed by atoms with Gasteiger partial charge in [0.05, 0.1) is 6.04 Å². The van der Waals surface area contributed by atoms with Gasteiger partial charge in [0.2, 0.25) is 0 Å². The zero-order valence-corrected chi connectivity index (χ0v) is 11.4. The molecule has 2 aromatic heterocycles. The van der Waals surface area contributed by atoms with Crippen LogP contribution >= 0.6 is 23.6 Å². The minimum atomic E-state index is 0.308. The molecule has 1 unspecified atom stereocenters. The molecule has 4 heteroatoms. The van der Waals surface area contributed by atoms with E-state index in [9.17, 15) is 0 Å². The molecule has 2 rings (SSSR count). The lowest BCUT2D eigenvalue weighted by Gasteiger charge is -2.17. The highest BCUT2D eigenvalue weighted by Gasteiger charge is 2.15. The number of rotatable bonds is 3. The van der Waals surface area contributed by atoms with E-state index in [0.717, 1.165) is 4.77 Å². The van der Waals surface area contributed by atoms with E-state index in [1.165, 1.54) is 11.3 Å². The molecule has 0 radical (unpaired) electrons. The van der Waals surface area contributed by atoms with E-state index in [4.69, 9.17) is 12.2 Å². The van der Waals surface area contributed by atoms with Gasteiger partial charge in [0.25, 0.3) is 0 Å². The molecule has 2 heterocycles. The summed E-state index contributed by atoms with van der Waals surface area (Å²) < 4.78 is 3.02. The van der Waals surface area contributed by atoms with Gasteiger partial charge >= 0.3 is 0 Å². The Morgan fingerprint density at radius 3 is 2.69 bits per heavy atom. The van der Waals surface area contributed by atoms with Gasteiger partial charge in [-0.1, -0.05) is 13.8 Å². The van der Waals surface area contributed by atoms with E-state index in [1.54, 1.807) is 11.3 Å². The van der Waals surface area contributed by atoms with Crippen molar-refractivity contribution in [3.63, 3.8) is 0 Å². The van der Waals surface area contributed by atoms with Crippen LogP contribution in [0.5, 0.6) is 0 Å². The third-order valence-electron chi connectivity index (χ3n) is 2.84. The van der Waals surface area contributed by atoms with Gasteiger partial charge in [-0.15, -0.1) is 0 Å². The second-order valence-electron chi connectivity index (χ2n) is 4.28. The molecule has 1 atom stereocenters. The van der Waals surface area contributed by atoms with Crippen molar-refractivity contribution in [1.82, 2.24) is 9.55 Å². The van der Waals surface area contributed by atoms with E-state index in [2.05, 4.69) is 47.1 Å². The van der Waals surface area contributed by atoms with Crippen LogP contribution in [-0.4, -0.2) is 9.55 Å². The zero-order chi connectivity index (χ0) is 11.7. The fourth-order valence-electron chi connectivity index (χ4n) is 1.90. The Balaban J connectivity index is 2.47. The average Bonchev–Trinajstić information content (AvgIpc) is 2.84. The predicted octanol–water partition coefficient (Wildman–Crippen LogP) is 4.34. The highest BCUT2D eigenvalue weighted by Crippen LogP contribution is 2.25. The standard InChI is InChI=1S/C12H16N2S2/c1-8(2)11-6-13-12(15)14(11)9(3)10-4-5-16-7-10/h4-9H,1-3H3,(H,13,15). The molecule has 2 nitrogen and oxygen atoms in total. The van der Waals surface area contributed by atoms with E-state index < -0.39 is 0 Å². The lowest BCUT2D eigenvalue weighted by molar-refractivity contribution is 0.584. The highest BCUT2D eigenvalue weighted by molar-refractivity contribution is 7.71. The number of nitrogens with one attached hydrogen (secondary N) is 1. The van der Waals surface area contributed by atoms with E-state index >= 15 is 0 Å². The maximum atomic E-state index is 5.35. The molecule has 16 heavy (non-hydrogen) atoms. The lowest BCUT2D eigenvalue weighted by atomic mass is 10.1. The van der Waals surface area contributed by atoms with Crippen molar-refractivity contribution in [2.45, 2.75) is 32.7 Å². The van der Waals surface area contributed by atoms with Crippen molar-refractivity contribution in [3.05, 3.63) is 39.1 Å². The molecule has 2 aromatic rings. The Kier molecular flexibility index (Phi) is 3.30. The molecular formula is C12H16N2S2. The minimum Gasteiger partial charge on any atom is -0.337 e. The van der Waals surface area contributed by atoms with Gasteiger partial charge in [-0.25, -0.2) is 0 Å². The SMILES string of the molecule is CC(C)c1c[nH]c(=S)n1C(C)c1ccsc1. The quantitative estimate of drug-likeness (QED) is 0.806. The second-order valence-corrected chi connectivity index (χ2v) is 5.44. The first-order valence-corrected chi connectivity index (χ1v) is 6.78. The topological polar surface area (TPSA) is 20.7 Å². The molecule has 0 saturated carbocycles. The van der Waals surface area contributed by atoms with E-state index in [-0.39, 0.29) is 0 Å². The lowest BCUT2D eigenvalue weighted by Crippen LogP contribution is -2.10. The summed E-state index contributed by atoms with van der Waals surface area (Å²) in [5, 5.41) is 4.29. The van der Waals surface area contributed by atoms with Crippen LogP contribution < -0.4 is 0 Å².